The number of hydrogen-bond donors (Lipinski definition) is 6. The van der Waals surface area contributed by atoms with Crippen LogP contribution < -0.4 is 38.1 Å². The Balaban J connectivity index is 1.42. The van der Waals surface area contributed by atoms with Gasteiger partial charge < -0.3 is 27.1 Å². The summed E-state index contributed by atoms with van der Waals surface area (Å²) in [5, 5.41) is 11.8. The quantitative estimate of drug-likeness (QED) is 0.132. The first-order valence-electron chi connectivity index (χ1n) is 19.0. The van der Waals surface area contributed by atoms with Gasteiger partial charge in [0.2, 0.25) is 0 Å². The van der Waals surface area contributed by atoms with Crippen molar-refractivity contribution >= 4 is 35.4 Å². The van der Waals surface area contributed by atoms with Gasteiger partial charge in [0.05, 0.1) is 46.1 Å². The van der Waals surface area contributed by atoms with E-state index in [0.29, 0.717) is 11.1 Å². The highest BCUT2D eigenvalue weighted by Crippen LogP contribution is 2.53. The van der Waals surface area contributed by atoms with E-state index in [1.807, 2.05) is 91.9 Å². The summed E-state index contributed by atoms with van der Waals surface area (Å²) in [6.07, 6.45) is 12.9. The number of nitrogens with zero attached hydrogens (tertiary/aromatic N) is 2. The Morgan fingerprint density at radius 1 is 0.893 bits per heavy atom. The summed E-state index contributed by atoms with van der Waals surface area (Å²) in [6.45, 7) is 17.1. The van der Waals surface area contributed by atoms with E-state index in [2.05, 4.69) is 60.9 Å². The van der Waals surface area contributed by atoms with Crippen LogP contribution in [0.5, 0.6) is 0 Å². The highest BCUT2D eigenvalue weighted by molar-refractivity contribution is 6.22. The molecule has 0 spiro atoms. The maximum Gasteiger partial charge on any atom is 0.252 e. The lowest BCUT2D eigenvalue weighted by molar-refractivity contribution is 0.0914. The second kappa shape index (κ2) is 15.0. The number of benzene rings is 2. The predicted molar refractivity (Wildman–Crippen MR) is 226 cm³/mol. The number of aromatic nitrogens is 1. The third kappa shape index (κ3) is 6.92. The first-order valence-corrected chi connectivity index (χ1v) is 19.0. The minimum atomic E-state index is -1.07. The number of fused-ring (bicyclic) bond motifs is 6. The second-order valence-electron chi connectivity index (χ2n) is 15.3. The molecular formula is C46H50N8O2. The third-order valence-electron chi connectivity index (χ3n) is 11.8. The van der Waals surface area contributed by atoms with Crippen molar-refractivity contribution in [1.29, 1.82) is 0 Å². The van der Waals surface area contributed by atoms with Crippen LogP contribution in [0, 0.1) is 5.92 Å². The summed E-state index contributed by atoms with van der Waals surface area (Å²) < 4.78 is 0. The smallest absolute Gasteiger partial charge is 0.252 e. The zero-order chi connectivity index (χ0) is 39.8. The van der Waals surface area contributed by atoms with Gasteiger partial charge in [-0.1, -0.05) is 62.1 Å². The molecule has 0 saturated carbocycles. The Labute approximate surface area is 328 Å². The number of carbonyl (C=O) groups excluding carboxylic acids is 2. The molecule has 4 aliphatic rings. The van der Waals surface area contributed by atoms with Crippen LogP contribution in [0.2, 0.25) is 0 Å². The maximum atomic E-state index is 13.6. The molecule has 10 heteroatoms. The summed E-state index contributed by atoms with van der Waals surface area (Å²) in [5.41, 5.74) is 18.5. The first kappa shape index (κ1) is 38.3. The van der Waals surface area contributed by atoms with E-state index in [1.165, 1.54) is 0 Å². The monoisotopic (exact) mass is 746 g/mol. The maximum absolute atomic E-state index is 13.6. The number of aliphatic imine (C=N–C) groups is 2. The summed E-state index contributed by atoms with van der Waals surface area (Å²) in [6, 6.07) is 22.0. The molecule has 7 rings (SSSR count). The van der Waals surface area contributed by atoms with Crippen molar-refractivity contribution < 1.29 is 9.59 Å². The van der Waals surface area contributed by atoms with Gasteiger partial charge in [-0.3, -0.25) is 19.9 Å². The van der Waals surface area contributed by atoms with E-state index in [0.717, 1.165) is 50.1 Å². The lowest BCUT2D eigenvalue weighted by atomic mass is 9.64. The largest absolute Gasteiger partial charge is 0.355 e. The second-order valence-corrected chi connectivity index (χ2v) is 15.3. The molecule has 0 radical (unpaired) electrons. The molecule has 4 aliphatic heterocycles. The third-order valence-corrected chi connectivity index (χ3v) is 11.8. The number of amides is 2. The van der Waals surface area contributed by atoms with Crippen LogP contribution >= 0.6 is 0 Å². The zero-order valence-electron chi connectivity index (χ0n) is 32.4. The Morgan fingerprint density at radius 2 is 1.50 bits per heavy atom. The first-order chi connectivity index (χ1) is 26.8. The highest BCUT2D eigenvalue weighted by Gasteiger charge is 2.58. The Hall–Kier alpha value is -5.94. The molecule has 6 unspecified atom stereocenters. The molecule has 0 aliphatic carbocycles. The van der Waals surface area contributed by atoms with E-state index < -0.39 is 28.9 Å². The van der Waals surface area contributed by atoms with Crippen LogP contribution in [0.15, 0.2) is 154 Å². The fraction of sp³-hybridized carbons (Fsp3) is 0.261. The van der Waals surface area contributed by atoms with Crippen LogP contribution in [0.1, 0.15) is 61.3 Å². The Morgan fingerprint density at radius 3 is 2.11 bits per heavy atom. The van der Waals surface area contributed by atoms with Gasteiger partial charge in [0.15, 0.2) is 0 Å². The minimum Gasteiger partial charge on any atom is -0.355 e. The standard InChI is InChI=1S/C46H50N8O2/c1-7-37-29(4)45(8-2)30(5)46(27-41(48)52-43(56)32-17-13-10-14-18-32)38(25-40(47)51-42(55)31-15-11-9-12-16-31)28(3)39(53-46)24-35-20-19-33(49-35)23-34-21-22-36(50-34)26-44(37,6)54-45/h7-24,26,30,40-41,49,54H,1-2,25,27,47-48H2,3-6H3,(H,51,55)(H,52,56)/b33-23-,35-24-,36-26-. The lowest BCUT2D eigenvalue weighted by Crippen LogP contribution is -2.61. The van der Waals surface area contributed by atoms with Gasteiger partial charge in [0.25, 0.3) is 11.8 Å². The Bertz CT molecular complexity index is 2420. The normalized spacial score (nSPS) is 28.5. The van der Waals surface area contributed by atoms with Crippen molar-refractivity contribution in [3.63, 3.8) is 0 Å². The van der Waals surface area contributed by atoms with Crippen molar-refractivity contribution in [2.24, 2.45) is 27.4 Å². The van der Waals surface area contributed by atoms with Crippen molar-refractivity contribution in [2.45, 2.75) is 69.5 Å². The molecule has 10 nitrogen and oxygen atoms in total. The number of allylic oxidation sites excluding steroid dienone is 3. The van der Waals surface area contributed by atoms with Crippen molar-refractivity contribution in [3.05, 3.63) is 166 Å². The van der Waals surface area contributed by atoms with Crippen LogP contribution in [0.3, 0.4) is 0 Å². The van der Waals surface area contributed by atoms with Gasteiger partial charge in [-0.15, -0.1) is 6.58 Å². The van der Waals surface area contributed by atoms with E-state index in [4.69, 9.17) is 21.5 Å². The number of rotatable bonds is 10. The fourth-order valence-electron chi connectivity index (χ4n) is 8.99. The van der Waals surface area contributed by atoms with Crippen molar-refractivity contribution in [3.8, 4) is 0 Å². The summed E-state index contributed by atoms with van der Waals surface area (Å²) in [5.74, 6) is -0.952. The molecule has 0 saturated heterocycles. The van der Waals surface area contributed by atoms with Crippen LogP contribution in [-0.4, -0.2) is 57.2 Å². The minimum absolute atomic E-state index is 0.210. The molecule has 2 amide bonds. The molecule has 0 fully saturated rings. The number of nitrogens with one attached hydrogen (secondary N) is 4. The average molecular weight is 747 g/mol. The Kier molecular flexibility index (Phi) is 10.2. The summed E-state index contributed by atoms with van der Waals surface area (Å²) >= 11 is 0. The summed E-state index contributed by atoms with van der Waals surface area (Å²) in [7, 11) is 0. The zero-order valence-corrected chi connectivity index (χ0v) is 32.4. The number of aromatic amines is 1. The SMILES string of the molecule is C=CC1=C(C)C2(C=C)NC1(C)/C=C1/C=CC(=N1)/C=c1/cc/c([nH]1)=C/C1=NC(CC(N)NC(=O)c3ccccc3)(C(CC(N)NC(=O)c3ccccc3)=C1C)C2C. The van der Waals surface area contributed by atoms with Gasteiger partial charge in [-0.05, 0) is 110 Å². The molecule has 1 aromatic heterocycles. The fourth-order valence-corrected chi connectivity index (χ4v) is 8.99. The molecule has 8 bridgehead atoms. The van der Waals surface area contributed by atoms with Crippen LogP contribution in [-0.2, 0) is 0 Å². The van der Waals surface area contributed by atoms with E-state index >= 15 is 0 Å². The van der Waals surface area contributed by atoms with E-state index in [1.54, 1.807) is 24.3 Å². The number of hydrogen-bond acceptors (Lipinski definition) is 7. The van der Waals surface area contributed by atoms with Gasteiger partial charge in [-0.2, -0.15) is 0 Å². The molecular weight excluding hydrogens is 697 g/mol. The lowest BCUT2D eigenvalue weighted by Gasteiger charge is -2.48. The number of nitrogens with two attached hydrogens (primary N) is 2. The van der Waals surface area contributed by atoms with Gasteiger partial charge in [0.1, 0.15) is 0 Å². The van der Waals surface area contributed by atoms with E-state index in [-0.39, 0.29) is 30.6 Å². The molecule has 286 valence electrons. The van der Waals surface area contributed by atoms with E-state index in [9.17, 15) is 9.59 Å². The highest BCUT2D eigenvalue weighted by atomic mass is 16.2. The van der Waals surface area contributed by atoms with Gasteiger partial charge in [-0.25, -0.2) is 4.99 Å². The van der Waals surface area contributed by atoms with Crippen molar-refractivity contribution in [1.82, 2.24) is 20.9 Å². The molecule has 2 aromatic carbocycles. The molecule has 3 aromatic rings. The number of H-pyrrole nitrogens is 1. The average Bonchev–Trinajstić information content (AvgIpc) is 3.93. The molecule has 8 N–H and O–H groups in total. The van der Waals surface area contributed by atoms with Crippen LogP contribution in [0.25, 0.3) is 12.2 Å². The molecule has 5 heterocycles. The molecule has 56 heavy (non-hydrogen) atoms. The number of carbonyl (C=O) groups is 2. The predicted octanol–water partition coefficient (Wildman–Crippen LogP) is 4.63. The van der Waals surface area contributed by atoms with Gasteiger partial charge >= 0.3 is 0 Å². The summed E-state index contributed by atoms with van der Waals surface area (Å²) in [4.78, 5) is 41.1. The van der Waals surface area contributed by atoms with Gasteiger partial charge in [0, 0.05) is 40.6 Å². The van der Waals surface area contributed by atoms with Crippen LogP contribution in [0.4, 0.5) is 0 Å². The topological polar surface area (TPSA) is 163 Å². The molecule has 6 atom stereocenters. The van der Waals surface area contributed by atoms with Crippen molar-refractivity contribution in [2.75, 3.05) is 0 Å².